The Balaban J connectivity index is 1.92. The molecular formula is C10H19NO. The molecule has 2 aliphatic rings. The molecule has 2 rings (SSSR count). The fourth-order valence-corrected chi connectivity index (χ4v) is 2.56. The molecule has 0 radical (unpaired) electrons. The van der Waals surface area contributed by atoms with Crippen molar-refractivity contribution in [1.82, 2.24) is 0 Å². The second-order valence-electron chi connectivity index (χ2n) is 4.45. The molecule has 1 saturated carbocycles. The van der Waals surface area contributed by atoms with Crippen molar-refractivity contribution in [2.24, 2.45) is 11.1 Å². The van der Waals surface area contributed by atoms with E-state index in [4.69, 9.17) is 10.5 Å². The van der Waals surface area contributed by atoms with Gasteiger partial charge in [0, 0.05) is 19.3 Å². The maximum atomic E-state index is 5.89. The quantitative estimate of drug-likeness (QED) is 0.599. The van der Waals surface area contributed by atoms with Gasteiger partial charge in [-0.1, -0.05) is 0 Å². The summed E-state index contributed by atoms with van der Waals surface area (Å²) in [6, 6.07) is 0.485. The average Bonchev–Trinajstić information content (AvgIpc) is 2.13. The fourth-order valence-electron chi connectivity index (χ4n) is 2.56. The number of ether oxygens (including phenoxy) is 1. The predicted molar refractivity (Wildman–Crippen MR) is 48.9 cm³/mol. The first-order chi connectivity index (χ1) is 5.81. The van der Waals surface area contributed by atoms with Crippen molar-refractivity contribution in [2.45, 2.75) is 44.6 Å². The summed E-state index contributed by atoms with van der Waals surface area (Å²) in [5, 5.41) is 0. The lowest BCUT2D eigenvalue weighted by Crippen LogP contribution is -2.37. The standard InChI is InChI=1S/C10H19NO/c11-9-1-3-10(4-2-9)5-7-12-8-6-10/h9H,1-8,11H2. The highest BCUT2D eigenvalue weighted by Gasteiger charge is 2.35. The molecule has 0 amide bonds. The molecule has 2 nitrogen and oxygen atoms in total. The number of hydrogen-bond acceptors (Lipinski definition) is 2. The van der Waals surface area contributed by atoms with Gasteiger partial charge in [-0.25, -0.2) is 0 Å². The van der Waals surface area contributed by atoms with Crippen molar-refractivity contribution < 1.29 is 4.74 Å². The maximum absolute atomic E-state index is 5.89. The second-order valence-corrected chi connectivity index (χ2v) is 4.45. The van der Waals surface area contributed by atoms with E-state index >= 15 is 0 Å². The Morgan fingerprint density at radius 1 is 1.00 bits per heavy atom. The lowest BCUT2D eigenvalue weighted by molar-refractivity contribution is -0.00721. The number of hydrogen-bond donors (Lipinski definition) is 1. The molecule has 1 heterocycles. The molecule has 0 unspecified atom stereocenters. The van der Waals surface area contributed by atoms with Gasteiger partial charge in [-0.15, -0.1) is 0 Å². The summed E-state index contributed by atoms with van der Waals surface area (Å²) in [7, 11) is 0. The Morgan fingerprint density at radius 2 is 1.58 bits per heavy atom. The van der Waals surface area contributed by atoms with Gasteiger partial charge >= 0.3 is 0 Å². The third kappa shape index (κ3) is 1.64. The summed E-state index contributed by atoms with van der Waals surface area (Å²) < 4.78 is 5.39. The van der Waals surface area contributed by atoms with Crippen LogP contribution in [-0.2, 0) is 4.74 Å². The zero-order valence-corrected chi connectivity index (χ0v) is 7.72. The van der Waals surface area contributed by atoms with Gasteiger partial charge in [-0.05, 0) is 43.9 Å². The molecular weight excluding hydrogens is 150 g/mol. The van der Waals surface area contributed by atoms with E-state index in [1.165, 1.54) is 38.5 Å². The average molecular weight is 169 g/mol. The van der Waals surface area contributed by atoms with Crippen LogP contribution in [0.2, 0.25) is 0 Å². The van der Waals surface area contributed by atoms with Gasteiger partial charge in [0.1, 0.15) is 0 Å². The van der Waals surface area contributed by atoms with Gasteiger partial charge in [0.05, 0.1) is 0 Å². The van der Waals surface area contributed by atoms with Gasteiger partial charge in [-0.3, -0.25) is 0 Å². The summed E-state index contributed by atoms with van der Waals surface area (Å²) in [4.78, 5) is 0. The predicted octanol–water partition coefficient (Wildman–Crippen LogP) is 1.68. The van der Waals surface area contributed by atoms with Gasteiger partial charge in [-0.2, -0.15) is 0 Å². The first kappa shape index (κ1) is 8.52. The van der Waals surface area contributed by atoms with Gasteiger partial charge in [0.15, 0.2) is 0 Å². The Hall–Kier alpha value is -0.0800. The van der Waals surface area contributed by atoms with E-state index in [-0.39, 0.29) is 0 Å². The van der Waals surface area contributed by atoms with E-state index in [1.807, 2.05) is 0 Å². The monoisotopic (exact) mass is 169 g/mol. The Kier molecular flexibility index (Phi) is 2.37. The normalized spacial score (nSPS) is 30.8. The molecule has 70 valence electrons. The Labute approximate surface area is 74.5 Å². The molecule has 1 aliphatic heterocycles. The van der Waals surface area contributed by atoms with E-state index in [2.05, 4.69) is 0 Å². The topological polar surface area (TPSA) is 35.2 Å². The van der Waals surface area contributed by atoms with Crippen LogP contribution in [-0.4, -0.2) is 19.3 Å². The van der Waals surface area contributed by atoms with Crippen LogP contribution in [0.1, 0.15) is 38.5 Å². The summed E-state index contributed by atoms with van der Waals surface area (Å²) in [5.41, 5.74) is 6.53. The summed E-state index contributed by atoms with van der Waals surface area (Å²) in [6.07, 6.45) is 7.72. The minimum Gasteiger partial charge on any atom is -0.381 e. The SMILES string of the molecule is NC1CCC2(CCOCC2)CC1. The molecule has 0 atom stereocenters. The molecule has 12 heavy (non-hydrogen) atoms. The first-order valence-corrected chi connectivity index (χ1v) is 5.14. The van der Waals surface area contributed by atoms with Gasteiger partial charge in [0.25, 0.3) is 0 Å². The largest absolute Gasteiger partial charge is 0.381 e. The zero-order chi connectivity index (χ0) is 8.44. The summed E-state index contributed by atoms with van der Waals surface area (Å²) in [5.74, 6) is 0. The van der Waals surface area contributed by atoms with Crippen molar-refractivity contribution in [3.8, 4) is 0 Å². The Morgan fingerprint density at radius 3 is 2.17 bits per heavy atom. The summed E-state index contributed by atoms with van der Waals surface area (Å²) in [6.45, 7) is 1.96. The number of nitrogens with two attached hydrogens (primary N) is 1. The van der Waals surface area contributed by atoms with Crippen LogP contribution in [0.4, 0.5) is 0 Å². The minimum atomic E-state index is 0.485. The molecule has 0 aromatic carbocycles. The lowest BCUT2D eigenvalue weighted by atomic mass is 9.68. The van der Waals surface area contributed by atoms with Crippen LogP contribution in [0.3, 0.4) is 0 Å². The first-order valence-electron chi connectivity index (χ1n) is 5.14. The van der Waals surface area contributed by atoms with Crippen LogP contribution >= 0.6 is 0 Å². The lowest BCUT2D eigenvalue weighted by Gasteiger charge is -2.42. The van der Waals surface area contributed by atoms with E-state index in [0.717, 1.165) is 13.2 Å². The Bertz CT molecular complexity index is 142. The third-order valence-electron chi connectivity index (χ3n) is 3.64. The van der Waals surface area contributed by atoms with Crippen molar-refractivity contribution in [3.05, 3.63) is 0 Å². The van der Waals surface area contributed by atoms with Crippen LogP contribution in [0.25, 0.3) is 0 Å². The van der Waals surface area contributed by atoms with E-state index in [1.54, 1.807) is 0 Å². The smallest absolute Gasteiger partial charge is 0.0471 e. The summed E-state index contributed by atoms with van der Waals surface area (Å²) >= 11 is 0. The highest BCUT2D eigenvalue weighted by atomic mass is 16.5. The highest BCUT2D eigenvalue weighted by molar-refractivity contribution is 4.88. The van der Waals surface area contributed by atoms with Gasteiger partial charge < -0.3 is 10.5 Å². The van der Waals surface area contributed by atoms with E-state index in [9.17, 15) is 0 Å². The molecule has 0 aromatic heterocycles. The van der Waals surface area contributed by atoms with Crippen LogP contribution in [0, 0.1) is 5.41 Å². The van der Waals surface area contributed by atoms with E-state index in [0.29, 0.717) is 11.5 Å². The highest BCUT2D eigenvalue weighted by Crippen LogP contribution is 2.43. The molecule has 2 heteroatoms. The van der Waals surface area contributed by atoms with Crippen LogP contribution in [0.5, 0.6) is 0 Å². The zero-order valence-electron chi connectivity index (χ0n) is 7.72. The fraction of sp³-hybridized carbons (Fsp3) is 1.00. The van der Waals surface area contributed by atoms with Crippen molar-refractivity contribution >= 4 is 0 Å². The maximum Gasteiger partial charge on any atom is 0.0471 e. The van der Waals surface area contributed by atoms with Crippen molar-refractivity contribution in [1.29, 1.82) is 0 Å². The molecule has 1 aliphatic carbocycles. The third-order valence-corrected chi connectivity index (χ3v) is 3.64. The van der Waals surface area contributed by atoms with Crippen molar-refractivity contribution in [3.63, 3.8) is 0 Å². The van der Waals surface area contributed by atoms with Crippen LogP contribution in [0.15, 0.2) is 0 Å². The van der Waals surface area contributed by atoms with Crippen molar-refractivity contribution in [2.75, 3.05) is 13.2 Å². The molecule has 2 N–H and O–H groups in total. The van der Waals surface area contributed by atoms with Gasteiger partial charge in [0.2, 0.25) is 0 Å². The molecule has 0 aromatic rings. The number of rotatable bonds is 0. The second kappa shape index (κ2) is 3.35. The van der Waals surface area contributed by atoms with Crippen LogP contribution < -0.4 is 5.73 Å². The molecule has 1 saturated heterocycles. The molecule has 0 bridgehead atoms. The molecule has 1 spiro atoms. The van der Waals surface area contributed by atoms with E-state index < -0.39 is 0 Å². The molecule has 2 fully saturated rings. The minimum absolute atomic E-state index is 0.485.